The first kappa shape index (κ1) is 13.1. The van der Waals surface area contributed by atoms with Crippen LogP contribution < -0.4 is 5.73 Å². The number of hydrogen-bond acceptors (Lipinski definition) is 2. The minimum Gasteiger partial charge on any atom is -0.320 e. The van der Waals surface area contributed by atoms with Crippen LogP contribution in [0.3, 0.4) is 0 Å². The van der Waals surface area contributed by atoms with Crippen molar-refractivity contribution >= 4 is 11.6 Å². The maximum Gasteiger partial charge on any atom is 0.0582 e. The second-order valence-electron chi connectivity index (χ2n) is 4.52. The van der Waals surface area contributed by atoms with E-state index < -0.39 is 0 Å². The van der Waals surface area contributed by atoms with E-state index in [1.807, 2.05) is 42.2 Å². The maximum absolute atomic E-state index is 6.25. The second kappa shape index (κ2) is 5.55. The third-order valence-corrected chi connectivity index (χ3v) is 3.43. The van der Waals surface area contributed by atoms with Crippen molar-refractivity contribution in [2.24, 2.45) is 5.73 Å². The summed E-state index contributed by atoms with van der Waals surface area (Å²) in [4.78, 5) is 0. The summed E-state index contributed by atoms with van der Waals surface area (Å²) in [5.41, 5.74) is 9.39. The van der Waals surface area contributed by atoms with E-state index in [4.69, 9.17) is 17.3 Å². The highest BCUT2D eigenvalue weighted by molar-refractivity contribution is 6.31. The average Bonchev–Trinajstić information content (AvgIpc) is 2.81. The number of benzene rings is 1. The van der Waals surface area contributed by atoms with E-state index >= 15 is 0 Å². The Balaban J connectivity index is 2.23. The third kappa shape index (κ3) is 2.74. The molecule has 2 aromatic rings. The molecule has 1 aromatic heterocycles. The molecule has 3 nitrogen and oxygen atoms in total. The number of nitrogens with two attached hydrogens (primary N) is 1. The summed E-state index contributed by atoms with van der Waals surface area (Å²) >= 11 is 6.02. The SMILES string of the molecule is CCCn1cc(C(N)c2ccc(Cl)c(C)c2)cn1. The minimum atomic E-state index is -0.147. The van der Waals surface area contributed by atoms with E-state index in [1.54, 1.807) is 0 Å². The molecule has 1 unspecified atom stereocenters. The summed E-state index contributed by atoms with van der Waals surface area (Å²) in [6.45, 7) is 5.04. The quantitative estimate of drug-likeness (QED) is 0.920. The van der Waals surface area contributed by atoms with Gasteiger partial charge in [0, 0.05) is 23.3 Å². The number of hydrogen-bond donors (Lipinski definition) is 1. The molecule has 2 N–H and O–H groups in total. The van der Waals surface area contributed by atoms with E-state index in [-0.39, 0.29) is 6.04 Å². The predicted octanol–water partition coefficient (Wildman–Crippen LogP) is 3.30. The molecule has 0 radical (unpaired) electrons. The molecule has 96 valence electrons. The van der Waals surface area contributed by atoms with Crippen LogP contribution in [-0.2, 0) is 6.54 Å². The molecule has 1 heterocycles. The van der Waals surface area contributed by atoms with Crippen LogP contribution >= 0.6 is 11.6 Å². The standard InChI is InChI=1S/C14H18ClN3/c1-3-6-18-9-12(8-17-18)14(16)11-4-5-13(15)10(2)7-11/h4-5,7-9,14H,3,6,16H2,1-2H3. The van der Waals surface area contributed by atoms with Gasteiger partial charge in [-0.2, -0.15) is 5.10 Å². The molecule has 0 fully saturated rings. The Morgan fingerprint density at radius 2 is 2.17 bits per heavy atom. The van der Waals surface area contributed by atoms with Gasteiger partial charge in [0.2, 0.25) is 0 Å². The van der Waals surface area contributed by atoms with Crippen LogP contribution in [0, 0.1) is 6.92 Å². The first-order chi connectivity index (χ1) is 8.61. The lowest BCUT2D eigenvalue weighted by molar-refractivity contribution is 0.602. The van der Waals surface area contributed by atoms with Crippen molar-refractivity contribution in [3.05, 3.63) is 52.3 Å². The third-order valence-electron chi connectivity index (χ3n) is 3.01. The predicted molar refractivity (Wildman–Crippen MR) is 74.7 cm³/mol. The van der Waals surface area contributed by atoms with E-state index in [1.165, 1.54) is 0 Å². The molecule has 0 spiro atoms. The molecular formula is C14H18ClN3. The number of halogens is 1. The van der Waals surface area contributed by atoms with Crippen molar-refractivity contribution in [2.45, 2.75) is 32.9 Å². The molecule has 0 aliphatic carbocycles. The van der Waals surface area contributed by atoms with Crippen LogP contribution in [0.4, 0.5) is 0 Å². The lowest BCUT2D eigenvalue weighted by Gasteiger charge is -2.11. The highest BCUT2D eigenvalue weighted by Crippen LogP contribution is 2.23. The van der Waals surface area contributed by atoms with Gasteiger partial charge in [-0.1, -0.05) is 30.7 Å². The van der Waals surface area contributed by atoms with Gasteiger partial charge in [-0.05, 0) is 30.5 Å². The molecule has 0 saturated carbocycles. The molecule has 18 heavy (non-hydrogen) atoms. The Kier molecular flexibility index (Phi) is 4.04. The van der Waals surface area contributed by atoms with E-state index in [2.05, 4.69) is 12.0 Å². The first-order valence-corrected chi connectivity index (χ1v) is 6.53. The normalized spacial score (nSPS) is 12.7. The summed E-state index contributed by atoms with van der Waals surface area (Å²) in [7, 11) is 0. The van der Waals surface area contributed by atoms with E-state index in [0.29, 0.717) is 0 Å². The molecule has 0 saturated heterocycles. The zero-order valence-corrected chi connectivity index (χ0v) is 11.5. The fourth-order valence-corrected chi connectivity index (χ4v) is 2.06. The molecule has 0 bridgehead atoms. The summed E-state index contributed by atoms with van der Waals surface area (Å²) in [6, 6.07) is 5.75. The highest BCUT2D eigenvalue weighted by atomic mass is 35.5. The van der Waals surface area contributed by atoms with Crippen molar-refractivity contribution in [2.75, 3.05) is 0 Å². The average molecular weight is 264 g/mol. The van der Waals surface area contributed by atoms with E-state index in [9.17, 15) is 0 Å². The van der Waals surface area contributed by atoms with Gasteiger partial charge in [-0.15, -0.1) is 0 Å². The Bertz CT molecular complexity index is 534. The molecule has 1 atom stereocenters. The summed E-state index contributed by atoms with van der Waals surface area (Å²) in [6.07, 6.45) is 4.92. The van der Waals surface area contributed by atoms with Crippen molar-refractivity contribution < 1.29 is 0 Å². The number of nitrogens with zero attached hydrogens (tertiary/aromatic N) is 2. The van der Waals surface area contributed by atoms with Crippen LogP contribution in [0.15, 0.2) is 30.6 Å². The Morgan fingerprint density at radius 1 is 1.39 bits per heavy atom. The van der Waals surface area contributed by atoms with Gasteiger partial charge in [-0.3, -0.25) is 4.68 Å². The fraction of sp³-hybridized carbons (Fsp3) is 0.357. The van der Waals surface area contributed by atoms with Crippen molar-refractivity contribution in [1.82, 2.24) is 9.78 Å². The summed E-state index contributed by atoms with van der Waals surface area (Å²) in [5, 5.41) is 5.07. The van der Waals surface area contributed by atoms with Gasteiger partial charge in [0.25, 0.3) is 0 Å². The van der Waals surface area contributed by atoms with Crippen LogP contribution in [0.1, 0.15) is 36.1 Å². The first-order valence-electron chi connectivity index (χ1n) is 6.15. The maximum atomic E-state index is 6.25. The minimum absolute atomic E-state index is 0.147. The Labute approximate surface area is 113 Å². The van der Waals surface area contributed by atoms with Gasteiger partial charge < -0.3 is 5.73 Å². The van der Waals surface area contributed by atoms with Crippen molar-refractivity contribution in [3.8, 4) is 0 Å². The highest BCUT2D eigenvalue weighted by Gasteiger charge is 2.12. The number of aryl methyl sites for hydroxylation is 2. The van der Waals surface area contributed by atoms with Gasteiger partial charge in [0.15, 0.2) is 0 Å². The van der Waals surface area contributed by atoms with Crippen molar-refractivity contribution in [3.63, 3.8) is 0 Å². The van der Waals surface area contributed by atoms with Gasteiger partial charge in [-0.25, -0.2) is 0 Å². The molecule has 4 heteroatoms. The fourth-order valence-electron chi connectivity index (χ4n) is 1.95. The van der Waals surface area contributed by atoms with Crippen LogP contribution in [0.5, 0.6) is 0 Å². The van der Waals surface area contributed by atoms with Crippen LogP contribution in [-0.4, -0.2) is 9.78 Å². The van der Waals surface area contributed by atoms with Gasteiger partial charge in [0.1, 0.15) is 0 Å². The topological polar surface area (TPSA) is 43.8 Å². The number of aromatic nitrogens is 2. The molecule has 0 amide bonds. The molecule has 0 aliphatic rings. The lowest BCUT2D eigenvalue weighted by atomic mass is 10.0. The second-order valence-corrected chi connectivity index (χ2v) is 4.93. The summed E-state index contributed by atoms with van der Waals surface area (Å²) < 4.78 is 1.93. The largest absolute Gasteiger partial charge is 0.320 e. The molecule has 0 aliphatic heterocycles. The molecule has 1 aromatic carbocycles. The van der Waals surface area contributed by atoms with E-state index in [0.717, 1.165) is 34.7 Å². The Morgan fingerprint density at radius 3 is 2.83 bits per heavy atom. The molecule has 2 rings (SSSR count). The monoisotopic (exact) mass is 263 g/mol. The smallest absolute Gasteiger partial charge is 0.0582 e. The molecular weight excluding hydrogens is 246 g/mol. The Hall–Kier alpha value is -1.32. The zero-order chi connectivity index (χ0) is 13.1. The lowest BCUT2D eigenvalue weighted by Crippen LogP contribution is -2.11. The zero-order valence-electron chi connectivity index (χ0n) is 10.7. The van der Waals surface area contributed by atoms with Crippen LogP contribution in [0.2, 0.25) is 5.02 Å². The van der Waals surface area contributed by atoms with Crippen molar-refractivity contribution in [1.29, 1.82) is 0 Å². The summed E-state index contributed by atoms with van der Waals surface area (Å²) in [5.74, 6) is 0. The van der Waals surface area contributed by atoms with Crippen LogP contribution in [0.25, 0.3) is 0 Å². The van der Waals surface area contributed by atoms with Gasteiger partial charge >= 0.3 is 0 Å². The van der Waals surface area contributed by atoms with Gasteiger partial charge in [0.05, 0.1) is 12.2 Å². The number of rotatable bonds is 4.